The number of fused-ring (bicyclic) bond motifs is 2. The van der Waals surface area contributed by atoms with Crippen molar-refractivity contribution < 1.29 is 14.4 Å². The van der Waals surface area contributed by atoms with Gasteiger partial charge in [-0.1, -0.05) is 20.8 Å². The Balaban J connectivity index is 2.33. The molecule has 0 N–H and O–H groups in total. The number of amides is 2. The third-order valence-corrected chi connectivity index (χ3v) is 6.04. The van der Waals surface area contributed by atoms with E-state index in [0.29, 0.717) is 0 Å². The van der Waals surface area contributed by atoms with Gasteiger partial charge in [0.25, 0.3) is 0 Å². The predicted molar refractivity (Wildman–Crippen MR) is 79.5 cm³/mol. The second-order valence-electron chi connectivity index (χ2n) is 7.44. The standard InChI is InChI=1S/C16H26N2O3/c1-10(19)18(9-12(20)17(5)6)13-11-7-8-16(4,14(13)21)15(11,2)3/h11,13H,7-9H2,1-6H3. The smallest absolute Gasteiger partial charge is 0.241 e. The summed E-state index contributed by atoms with van der Waals surface area (Å²) in [5, 5.41) is 0. The molecule has 2 rings (SSSR count). The van der Waals surface area contributed by atoms with Crippen LogP contribution in [0.15, 0.2) is 0 Å². The number of rotatable bonds is 3. The van der Waals surface area contributed by atoms with Crippen LogP contribution in [0, 0.1) is 16.7 Å². The Hall–Kier alpha value is -1.39. The van der Waals surface area contributed by atoms with E-state index in [-0.39, 0.29) is 40.9 Å². The number of hydrogen-bond acceptors (Lipinski definition) is 3. The number of likely N-dealkylation sites (N-methyl/N-ethyl adjacent to an activating group) is 1. The molecule has 0 radical (unpaired) electrons. The van der Waals surface area contributed by atoms with Gasteiger partial charge in [-0.25, -0.2) is 0 Å². The second kappa shape index (κ2) is 4.82. The Morgan fingerprint density at radius 2 is 1.81 bits per heavy atom. The van der Waals surface area contributed by atoms with E-state index in [0.717, 1.165) is 12.8 Å². The molecule has 2 aliphatic carbocycles. The molecule has 2 bridgehead atoms. The zero-order valence-electron chi connectivity index (χ0n) is 13.9. The molecule has 3 unspecified atom stereocenters. The van der Waals surface area contributed by atoms with Crippen molar-refractivity contribution in [1.29, 1.82) is 0 Å². The normalized spacial score (nSPS) is 33.1. The van der Waals surface area contributed by atoms with Crippen LogP contribution in [-0.2, 0) is 14.4 Å². The highest BCUT2D eigenvalue weighted by molar-refractivity contribution is 5.98. The van der Waals surface area contributed by atoms with Gasteiger partial charge in [-0.3, -0.25) is 14.4 Å². The zero-order chi connectivity index (χ0) is 16.2. The highest BCUT2D eigenvalue weighted by Crippen LogP contribution is 2.64. The third-order valence-electron chi connectivity index (χ3n) is 6.04. The van der Waals surface area contributed by atoms with Gasteiger partial charge in [-0.2, -0.15) is 0 Å². The maximum absolute atomic E-state index is 12.9. The first-order valence-corrected chi connectivity index (χ1v) is 7.55. The van der Waals surface area contributed by atoms with Crippen LogP contribution in [-0.4, -0.2) is 54.1 Å². The van der Waals surface area contributed by atoms with E-state index < -0.39 is 6.04 Å². The lowest BCUT2D eigenvalue weighted by Gasteiger charge is -2.34. The molecule has 3 atom stereocenters. The van der Waals surface area contributed by atoms with Gasteiger partial charge in [0.2, 0.25) is 11.8 Å². The average Bonchev–Trinajstić information content (AvgIpc) is 2.67. The summed E-state index contributed by atoms with van der Waals surface area (Å²) in [4.78, 5) is 39.8. The average molecular weight is 294 g/mol. The summed E-state index contributed by atoms with van der Waals surface area (Å²) in [6.45, 7) is 7.68. The number of ketones is 1. The van der Waals surface area contributed by atoms with Gasteiger partial charge in [0.05, 0.1) is 6.04 Å². The summed E-state index contributed by atoms with van der Waals surface area (Å²) in [6.07, 6.45) is 1.83. The fourth-order valence-corrected chi connectivity index (χ4v) is 4.09. The van der Waals surface area contributed by atoms with E-state index in [1.165, 1.54) is 16.7 Å². The van der Waals surface area contributed by atoms with Crippen molar-refractivity contribution in [3.05, 3.63) is 0 Å². The van der Waals surface area contributed by atoms with Crippen LogP contribution in [0.4, 0.5) is 0 Å². The summed E-state index contributed by atoms with van der Waals surface area (Å²) in [5.41, 5.74) is -0.499. The molecule has 2 saturated carbocycles. The van der Waals surface area contributed by atoms with Crippen molar-refractivity contribution in [2.24, 2.45) is 16.7 Å². The molecule has 118 valence electrons. The fourth-order valence-electron chi connectivity index (χ4n) is 4.09. The van der Waals surface area contributed by atoms with Crippen molar-refractivity contribution in [1.82, 2.24) is 9.80 Å². The van der Waals surface area contributed by atoms with Crippen LogP contribution >= 0.6 is 0 Å². The number of nitrogens with zero attached hydrogens (tertiary/aromatic N) is 2. The SMILES string of the molecule is CC(=O)N(CC(=O)N(C)C)C1C(=O)C2(C)CCC1C2(C)C. The van der Waals surface area contributed by atoms with Crippen LogP contribution in [0.25, 0.3) is 0 Å². The van der Waals surface area contributed by atoms with E-state index in [2.05, 4.69) is 13.8 Å². The number of carbonyl (C=O) groups is 3. The van der Waals surface area contributed by atoms with Gasteiger partial charge in [0, 0.05) is 26.4 Å². The minimum atomic E-state index is -0.444. The monoisotopic (exact) mass is 294 g/mol. The summed E-state index contributed by atoms with van der Waals surface area (Å²) in [5.74, 6) is -0.0707. The molecular weight excluding hydrogens is 268 g/mol. The van der Waals surface area contributed by atoms with E-state index in [1.807, 2.05) is 6.92 Å². The topological polar surface area (TPSA) is 57.7 Å². The van der Waals surface area contributed by atoms with Crippen LogP contribution in [0.1, 0.15) is 40.5 Å². The van der Waals surface area contributed by atoms with Crippen molar-refractivity contribution in [2.75, 3.05) is 20.6 Å². The summed E-state index contributed by atoms with van der Waals surface area (Å²) < 4.78 is 0. The lowest BCUT2D eigenvalue weighted by atomic mass is 9.70. The molecule has 21 heavy (non-hydrogen) atoms. The van der Waals surface area contributed by atoms with Gasteiger partial charge in [-0.05, 0) is 24.2 Å². The molecule has 0 aromatic carbocycles. The molecule has 0 aromatic heterocycles. The first-order valence-electron chi connectivity index (χ1n) is 7.55. The number of Topliss-reactive ketones (excluding diaryl/α,β-unsaturated/α-hetero) is 1. The number of carbonyl (C=O) groups excluding carboxylic acids is 3. The minimum absolute atomic E-state index is 0.0125. The summed E-state index contributed by atoms with van der Waals surface area (Å²) >= 11 is 0. The van der Waals surface area contributed by atoms with Gasteiger partial charge in [-0.15, -0.1) is 0 Å². The van der Waals surface area contributed by atoms with Gasteiger partial charge < -0.3 is 9.80 Å². The maximum Gasteiger partial charge on any atom is 0.241 e. The van der Waals surface area contributed by atoms with E-state index in [9.17, 15) is 14.4 Å². The van der Waals surface area contributed by atoms with E-state index in [1.54, 1.807) is 14.1 Å². The van der Waals surface area contributed by atoms with Crippen molar-refractivity contribution in [3.63, 3.8) is 0 Å². The van der Waals surface area contributed by atoms with Crippen molar-refractivity contribution in [3.8, 4) is 0 Å². The molecule has 2 fully saturated rings. The molecule has 2 aliphatic rings. The zero-order valence-corrected chi connectivity index (χ0v) is 13.9. The molecule has 5 nitrogen and oxygen atoms in total. The molecule has 0 saturated heterocycles. The Labute approximate surface area is 126 Å². The van der Waals surface area contributed by atoms with Crippen LogP contribution < -0.4 is 0 Å². The molecule has 2 amide bonds. The Bertz CT molecular complexity index is 498. The molecule has 5 heteroatoms. The van der Waals surface area contributed by atoms with E-state index >= 15 is 0 Å². The van der Waals surface area contributed by atoms with Gasteiger partial charge >= 0.3 is 0 Å². The molecular formula is C16H26N2O3. The highest BCUT2D eigenvalue weighted by Gasteiger charge is 2.67. The van der Waals surface area contributed by atoms with E-state index in [4.69, 9.17) is 0 Å². The van der Waals surface area contributed by atoms with Crippen molar-refractivity contribution in [2.45, 2.75) is 46.6 Å². The third kappa shape index (κ3) is 2.09. The number of hydrogen-bond donors (Lipinski definition) is 0. The fraction of sp³-hybridized carbons (Fsp3) is 0.812. The molecule has 0 aromatic rings. The minimum Gasteiger partial charge on any atom is -0.347 e. The first kappa shape index (κ1) is 16.0. The molecule has 0 spiro atoms. The Kier molecular flexibility index (Phi) is 3.67. The first-order chi connectivity index (χ1) is 9.54. The van der Waals surface area contributed by atoms with Crippen LogP contribution in [0.2, 0.25) is 0 Å². The van der Waals surface area contributed by atoms with Crippen molar-refractivity contribution >= 4 is 17.6 Å². The largest absolute Gasteiger partial charge is 0.347 e. The Morgan fingerprint density at radius 3 is 2.19 bits per heavy atom. The second-order valence-corrected chi connectivity index (χ2v) is 7.44. The van der Waals surface area contributed by atoms with Crippen LogP contribution in [0.5, 0.6) is 0 Å². The van der Waals surface area contributed by atoms with Gasteiger partial charge in [0.1, 0.15) is 6.54 Å². The maximum atomic E-state index is 12.9. The molecule has 0 aliphatic heterocycles. The predicted octanol–water partition coefficient (Wildman–Crippen LogP) is 1.32. The molecule has 0 heterocycles. The Morgan fingerprint density at radius 1 is 1.24 bits per heavy atom. The highest BCUT2D eigenvalue weighted by atomic mass is 16.2. The van der Waals surface area contributed by atoms with Crippen LogP contribution in [0.3, 0.4) is 0 Å². The lowest BCUT2D eigenvalue weighted by Crippen LogP contribution is -2.52. The van der Waals surface area contributed by atoms with Gasteiger partial charge in [0.15, 0.2) is 5.78 Å². The quantitative estimate of drug-likeness (QED) is 0.789. The summed E-state index contributed by atoms with van der Waals surface area (Å²) in [7, 11) is 3.32. The lowest BCUT2D eigenvalue weighted by molar-refractivity contribution is -0.146. The summed E-state index contributed by atoms with van der Waals surface area (Å²) in [6, 6.07) is -0.444.